The Morgan fingerprint density at radius 3 is 1.59 bits per heavy atom. The molecule has 0 fully saturated rings. The summed E-state index contributed by atoms with van der Waals surface area (Å²) in [5.74, 6) is 0. The summed E-state index contributed by atoms with van der Waals surface area (Å²) in [6, 6.07) is 40.7. The normalized spacial score (nSPS) is 11.2. The van der Waals surface area contributed by atoms with Crippen molar-refractivity contribution in [1.29, 1.82) is 0 Å². The zero-order valence-electron chi connectivity index (χ0n) is 18.8. The number of benzene rings is 5. The second-order valence-corrected chi connectivity index (χ2v) is 8.58. The van der Waals surface area contributed by atoms with Gasteiger partial charge in [0.25, 0.3) is 0 Å². The number of fused-ring (bicyclic) bond motifs is 3. The fourth-order valence-electron chi connectivity index (χ4n) is 4.72. The molecular formula is C32H24N2. The number of nitrogen functional groups attached to an aromatic ring is 1. The predicted molar refractivity (Wildman–Crippen MR) is 146 cm³/mol. The molecule has 1 aromatic heterocycles. The smallest absolute Gasteiger partial charge is 0.0541 e. The molecule has 0 amide bonds. The number of nitrogens with two attached hydrogens (primary N) is 1. The van der Waals surface area contributed by atoms with E-state index in [0.717, 1.165) is 22.5 Å². The van der Waals surface area contributed by atoms with E-state index >= 15 is 0 Å². The molecular weight excluding hydrogens is 412 g/mol. The van der Waals surface area contributed by atoms with Crippen molar-refractivity contribution in [2.24, 2.45) is 0 Å². The van der Waals surface area contributed by atoms with Gasteiger partial charge in [0.05, 0.1) is 11.0 Å². The molecule has 0 spiro atoms. The monoisotopic (exact) mass is 436 g/mol. The first-order valence-electron chi connectivity index (χ1n) is 11.4. The highest BCUT2D eigenvalue weighted by Gasteiger charge is 2.14. The second kappa shape index (κ2) is 8.09. The Kier molecular flexibility index (Phi) is 4.78. The number of hydrogen-bond donors (Lipinski definition) is 1. The maximum Gasteiger partial charge on any atom is 0.0541 e. The molecule has 5 aromatic carbocycles. The van der Waals surface area contributed by atoms with Gasteiger partial charge < -0.3 is 10.3 Å². The fraction of sp³-hybridized carbons (Fsp3) is 0. The molecule has 0 atom stereocenters. The standard InChI is InChI=1S/C32H24N2/c1-2-22-8-10-23(11-9-22)25-14-18-31-29(20-25)30-21-26(24-12-16-27(33)17-13-24)15-19-32(30)34(31)28-6-4-3-5-7-28/h2-21H,1,33H2. The van der Waals surface area contributed by atoms with Crippen LogP contribution in [0.2, 0.25) is 0 Å². The number of hydrogen-bond acceptors (Lipinski definition) is 1. The van der Waals surface area contributed by atoms with Crippen LogP contribution >= 0.6 is 0 Å². The first kappa shape index (κ1) is 20.1. The lowest BCUT2D eigenvalue weighted by Crippen LogP contribution is -1.93. The predicted octanol–water partition coefficient (Wildman–Crippen LogP) is 8.34. The molecule has 1 heterocycles. The average molecular weight is 437 g/mol. The molecule has 0 aliphatic carbocycles. The van der Waals surface area contributed by atoms with Crippen molar-refractivity contribution in [2.45, 2.75) is 0 Å². The Balaban J connectivity index is 1.62. The van der Waals surface area contributed by atoms with Crippen LogP contribution in [0.1, 0.15) is 5.56 Å². The maximum absolute atomic E-state index is 5.92. The van der Waals surface area contributed by atoms with E-state index in [4.69, 9.17) is 5.73 Å². The molecule has 0 bridgehead atoms. The molecule has 0 radical (unpaired) electrons. The highest BCUT2D eigenvalue weighted by molar-refractivity contribution is 6.11. The minimum absolute atomic E-state index is 0.776. The summed E-state index contributed by atoms with van der Waals surface area (Å²) in [4.78, 5) is 0. The van der Waals surface area contributed by atoms with Crippen LogP contribution in [-0.2, 0) is 0 Å². The molecule has 0 aliphatic rings. The van der Waals surface area contributed by atoms with Gasteiger partial charge in [-0.2, -0.15) is 0 Å². The third-order valence-corrected chi connectivity index (χ3v) is 6.50. The SMILES string of the molecule is C=Cc1ccc(-c2ccc3c(c2)c2cc(-c4ccc(N)cc4)ccc2n3-c2ccccc2)cc1. The zero-order valence-corrected chi connectivity index (χ0v) is 18.8. The topological polar surface area (TPSA) is 30.9 Å². The van der Waals surface area contributed by atoms with Crippen molar-refractivity contribution in [1.82, 2.24) is 4.57 Å². The van der Waals surface area contributed by atoms with Crippen LogP contribution in [-0.4, -0.2) is 4.57 Å². The Hall–Kier alpha value is -4.56. The molecule has 2 nitrogen and oxygen atoms in total. The number of aromatic nitrogens is 1. The van der Waals surface area contributed by atoms with Crippen LogP contribution in [0.4, 0.5) is 5.69 Å². The van der Waals surface area contributed by atoms with E-state index in [-0.39, 0.29) is 0 Å². The van der Waals surface area contributed by atoms with Gasteiger partial charge >= 0.3 is 0 Å². The summed E-state index contributed by atoms with van der Waals surface area (Å²) in [5.41, 5.74) is 16.1. The van der Waals surface area contributed by atoms with E-state index in [1.54, 1.807) is 0 Å². The van der Waals surface area contributed by atoms with Crippen molar-refractivity contribution in [3.63, 3.8) is 0 Å². The summed E-state index contributed by atoms with van der Waals surface area (Å²) < 4.78 is 2.35. The Labute approximate surface area is 199 Å². The molecule has 6 rings (SSSR count). The first-order chi connectivity index (χ1) is 16.7. The van der Waals surface area contributed by atoms with E-state index in [1.165, 1.54) is 38.5 Å². The van der Waals surface area contributed by atoms with Crippen molar-refractivity contribution in [2.75, 3.05) is 5.73 Å². The highest BCUT2D eigenvalue weighted by Crippen LogP contribution is 2.37. The van der Waals surface area contributed by atoms with Gasteiger partial charge in [-0.15, -0.1) is 0 Å². The molecule has 34 heavy (non-hydrogen) atoms. The van der Waals surface area contributed by atoms with E-state index < -0.39 is 0 Å². The quantitative estimate of drug-likeness (QED) is 0.277. The molecule has 0 saturated carbocycles. The largest absolute Gasteiger partial charge is 0.399 e. The number of rotatable bonds is 4. The zero-order chi connectivity index (χ0) is 23.1. The van der Waals surface area contributed by atoms with E-state index in [0.29, 0.717) is 0 Å². The van der Waals surface area contributed by atoms with E-state index in [2.05, 4.69) is 114 Å². The highest BCUT2D eigenvalue weighted by atomic mass is 15.0. The molecule has 162 valence electrons. The third kappa shape index (κ3) is 3.37. The number of nitrogens with zero attached hydrogens (tertiary/aromatic N) is 1. The minimum atomic E-state index is 0.776. The van der Waals surface area contributed by atoms with Crippen LogP contribution in [0, 0.1) is 0 Å². The van der Waals surface area contributed by atoms with E-state index in [9.17, 15) is 0 Å². The van der Waals surface area contributed by atoms with Crippen LogP contribution in [0.25, 0.3) is 55.8 Å². The lowest BCUT2D eigenvalue weighted by atomic mass is 9.99. The minimum Gasteiger partial charge on any atom is -0.399 e. The average Bonchev–Trinajstić information content (AvgIpc) is 3.22. The Morgan fingerprint density at radius 1 is 0.559 bits per heavy atom. The van der Waals surface area contributed by atoms with Gasteiger partial charge in [0.15, 0.2) is 0 Å². The second-order valence-electron chi connectivity index (χ2n) is 8.58. The Morgan fingerprint density at radius 2 is 1.06 bits per heavy atom. The van der Waals surface area contributed by atoms with Crippen molar-refractivity contribution in [3.8, 4) is 27.9 Å². The molecule has 0 saturated heterocycles. The van der Waals surface area contributed by atoms with Gasteiger partial charge in [0.2, 0.25) is 0 Å². The van der Waals surface area contributed by atoms with Gasteiger partial charge in [0.1, 0.15) is 0 Å². The van der Waals surface area contributed by atoms with Gasteiger partial charge in [0, 0.05) is 22.1 Å². The third-order valence-electron chi connectivity index (χ3n) is 6.50. The molecule has 2 heteroatoms. The number of anilines is 1. The molecule has 0 unspecified atom stereocenters. The lowest BCUT2D eigenvalue weighted by Gasteiger charge is -2.08. The molecule has 0 aliphatic heterocycles. The number of para-hydroxylation sites is 1. The fourth-order valence-corrected chi connectivity index (χ4v) is 4.72. The maximum atomic E-state index is 5.92. The summed E-state index contributed by atoms with van der Waals surface area (Å²) in [5, 5.41) is 2.47. The van der Waals surface area contributed by atoms with Crippen LogP contribution in [0.3, 0.4) is 0 Å². The van der Waals surface area contributed by atoms with Crippen LogP contribution in [0.5, 0.6) is 0 Å². The first-order valence-corrected chi connectivity index (χ1v) is 11.4. The van der Waals surface area contributed by atoms with Crippen molar-refractivity contribution >= 4 is 33.6 Å². The summed E-state index contributed by atoms with van der Waals surface area (Å²) >= 11 is 0. The summed E-state index contributed by atoms with van der Waals surface area (Å²) in [6.45, 7) is 3.87. The molecule has 6 aromatic rings. The summed E-state index contributed by atoms with van der Waals surface area (Å²) in [7, 11) is 0. The summed E-state index contributed by atoms with van der Waals surface area (Å²) in [6.07, 6.45) is 1.87. The molecule has 2 N–H and O–H groups in total. The van der Waals surface area contributed by atoms with Gasteiger partial charge in [-0.3, -0.25) is 0 Å². The Bertz CT molecular complexity index is 1640. The van der Waals surface area contributed by atoms with Gasteiger partial charge in [-0.1, -0.05) is 79.4 Å². The van der Waals surface area contributed by atoms with Gasteiger partial charge in [-0.05, 0) is 76.3 Å². The van der Waals surface area contributed by atoms with Crippen LogP contribution < -0.4 is 5.73 Å². The van der Waals surface area contributed by atoms with Crippen molar-refractivity contribution < 1.29 is 0 Å². The van der Waals surface area contributed by atoms with Crippen LogP contribution in [0.15, 0.2) is 122 Å². The van der Waals surface area contributed by atoms with Crippen molar-refractivity contribution in [3.05, 3.63) is 127 Å². The lowest BCUT2D eigenvalue weighted by molar-refractivity contribution is 1.18. The van der Waals surface area contributed by atoms with E-state index in [1.807, 2.05) is 18.2 Å². The van der Waals surface area contributed by atoms with Gasteiger partial charge in [-0.25, -0.2) is 0 Å².